The van der Waals surface area contributed by atoms with Gasteiger partial charge >= 0.3 is 0 Å². The van der Waals surface area contributed by atoms with Crippen molar-refractivity contribution in [1.82, 2.24) is 4.90 Å². The van der Waals surface area contributed by atoms with Gasteiger partial charge in [-0.2, -0.15) is 4.99 Å². The Bertz CT molecular complexity index is 585. The fraction of sp³-hybridized carbons (Fsp3) is 0.308. The lowest BCUT2D eigenvalue weighted by molar-refractivity contribution is -0.135. The first-order valence-corrected chi connectivity index (χ1v) is 6.90. The maximum absolute atomic E-state index is 12.4. The minimum absolute atomic E-state index is 0.204. The van der Waals surface area contributed by atoms with Gasteiger partial charge in [-0.15, -0.1) is 0 Å². The molecule has 98 valence electrons. The summed E-state index contributed by atoms with van der Waals surface area (Å²) < 4.78 is 5.23. The van der Waals surface area contributed by atoms with Gasteiger partial charge in [-0.25, -0.2) is 0 Å². The molecule has 0 aromatic heterocycles. The number of thioether (sulfide) groups is 1. The molecule has 0 N–H and O–H groups in total. The van der Waals surface area contributed by atoms with Gasteiger partial charge in [-0.1, -0.05) is 30.0 Å². The average molecular weight is 276 g/mol. The highest BCUT2D eigenvalue weighted by molar-refractivity contribution is 8.14. The van der Waals surface area contributed by atoms with Crippen molar-refractivity contribution in [3.8, 4) is 5.75 Å². The summed E-state index contributed by atoms with van der Waals surface area (Å²) in [6.45, 7) is 0.612. The number of hydrogen-bond acceptors (Lipinski definition) is 4. The highest BCUT2D eigenvalue weighted by Gasteiger charge is 2.42. The van der Waals surface area contributed by atoms with Gasteiger partial charge in [-0.3, -0.25) is 14.5 Å². The molecule has 0 saturated carbocycles. The van der Waals surface area contributed by atoms with Gasteiger partial charge in [-0.05, 0) is 6.07 Å². The fourth-order valence-electron chi connectivity index (χ4n) is 2.29. The Morgan fingerprint density at radius 2 is 2.16 bits per heavy atom. The molecule has 2 amide bonds. The second-order valence-electron chi connectivity index (χ2n) is 4.25. The summed E-state index contributed by atoms with van der Waals surface area (Å²) in [5.41, 5.74) is 0.583. The van der Waals surface area contributed by atoms with Crippen molar-refractivity contribution in [1.29, 1.82) is 0 Å². The van der Waals surface area contributed by atoms with Crippen LogP contribution in [0.25, 0.3) is 0 Å². The first kappa shape index (κ1) is 12.2. The van der Waals surface area contributed by atoms with Crippen molar-refractivity contribution < 1.29 is 14.3 Å². The van der Waals surface area contributed by atoms with Crippen LogP contribution in [0.2, 0.25) is 0 Å². The Morgan fingerprint density at radius 3 is 2.95 bits per heavy atom. The van der Waals surface area contributed by atoms with Crippen LogP contribution in [0.5, 0.6) is 5.75 Å². The monoisotopic (exact) mass is 276 g/mol. The molecule has 3 rings (SSSR count). The smallest absolute Gasteiger partial charge is 0.265 e. The molecule has 1 atom stereocenters. The molecule has 0 aliphatic carbocycles. The molecule has 1 saturated heterocycles. The van der Waals surface area contributed by atoms with E-state index in [0.717, 1.165) is 5.75 Å². The Morgan fingerprint density at radius 1 is 1.37 bits per heavy atom. The molecule has 1 aromatic carbocycles. The molecule has 2 aliphatic rings. The fourth-order valence-corrected chi connectivity index (χ4v) is 3.24. The third-order valence-electron chi connectivity index (χ3n) is 3.19. The summed E-state index contributed by atoms with van der Waals surface area (Å²) >= 11 is 1.44. The summed E-state index contributed by atoms with van der Waals surface area (Å²) in [4.78, 5) is 30.2. The predicted molar refractivity (Wildman–Crippen MR) is 72.3 cm³/mol. The van der Waals surface area contributed by atoms with E-state index in [4.69, 9.17) is 4.74 Å². The number of rotatable bonds is 2. The van der Waals surface area contributed by atoms with Crippen molar-refractivity contribution in [2.45, 2.75) is 5.92 Å². The largest absolute Gasteiger partial charge is 0.496 e. The number of para-hydroxylation sites is 1. The third-order valence-corrected chi connectivity index (χ3v) is 4.15. The first-order valence-electron chi connectivity index (χ1n) is 5.92. The number of carbonyl (C=O) groups is 2. The van der Waals surface area contributed by atoms with Crippen LogP contribution in [0.1, 0.15) is 11.5 Å². The number of amides is 2. The molecule has 2 aliphatic heterocycles. The number of methoxy groups -OCH3 is 1. The molecular formula is C13H12N2O3S. The Hall–Kier alpha value is -1.82. The normalized spacial score (nSPS) is 22.3. The quantitative estimate of drug-likeness (QED) is 0.763. The van der Waals surface area contributed by atoms with Gasteiger partial charge in [0.15, 0.2) is 5.17 Å². The van der Waals surface area contributed by atoms with Crippen molar-refractivity contribution in [3.63, 3.8) is 0 Å². The van der Waals surface area contributed by atoms with E-state index in [1.165, 1.54) is 18.9 Å². The number of nitrogens with zero attached hydrogens (tertiary/aromatic N) is 2. The Labute approximate surface area is 114 Å². The van der Waals surface area contributed by atoms with Crippen molar-refractivity contribution in [2.24, 2.45) is 4.99 Å². The van der Waals surface area contributed by atoms with Crippen LogP contribution >= 0.6 is 11.8 Å². The summed E-state index contributed by atoms with van der Waals surface area (Å²) in [6, 6.07) is 7.08. The number of hydrogen-bond donors (Lipinski definition) is 0. The average Bonchev–Trinajstić information content (AvgIpc) is 2.87. The van der Waals surface area contributed by atoms with E-state index in [0.29, 0.717) is 23.0 Å². The Kier molecular flexibility index (Phi) is 3.02. The molecule has 0 radical (unpaired) electrons. The van der Waals surface area contributed by atoms with E-state index in [9.17, 15) is 9.59 Å². The lowest BCUT2D eigenvalue weighted by Gasteiger charge is -2.26. The van der Waals surface area contributed by atoms with Crippen LogP contribution in [-0.2, 0) is 9.59 Å². The minimum Gasteiger partial charge on any atom is -0.496 e. The van der Waals surface area contributed by atoms with Crippen LogP contribution in [0, 0.1) is 0 Å². The molecule has 6 heteroatoms. The maximum Gasteiger partial charge on any atom is 0.265 e. The number of benzene rings is 1. The summed E-state index contributed by atoms with van der Waals surface area (Å²) in [5.74, 6) is -0.158. The van der Waals surface area contributed by atoms with E-state index in [2.05, 4.69) is 4.99 Å². The molecular weight excluding hydrogens is 264 g/mol. The van der Waals surface area contributed by atoms with Gasteiger partial charge < -0.3 is 4.74 Å². The van der Waals surface area contributed by atoms with Crippen molar-refractivity contribution in [3.05, 3.63) is 29.8 Å². The number of carbonyl (C=O) groups excluding carboxylic acids is 2. The molecule has 19 heavy (non-hydrogen) atoms. The zero-order valence-corrected chi connectivity index (χ0v) is 11.1. The van der Waals surface area contributed by atoms with Crippen LogP contribution in [-0.4, -0.2) is 41.3 Å². The number of fused-ring (bicyclic) bond motifs is 1. The zero-order valence-electron chi connectivity index (χ0n) is 10.3. The van der Waals surface area contributed by atoms with E-state index in [1.807, 2.05) is 0 Å². The molecule has 1 aromatic rings. The second-order valence-corrected chi connectivity index (χ2v) is 5.31. The topological polar surface area (TPSA) is 59.0 Å². The Balaban J connectivity index is 2.05. The third kappa shape index (κ3) is 1.92. The molecule has 0 bridgehead atoms. The molecule has 0 spiro atoms. The van der Waals surface area contributed by atoms with Crippen LogP contribution in [0.15, 0.2) is 29.3 Å². The predicted octanol–water partition coefficient (Wildman–Crippen LogP) is 1.25. The minimum atomic E-state index is -0.876. The van der Waals surface area contributed by atoms with Crippen LogP contribution in [0.4, 0.5) is 0 Å². The van der Waals surface area contributed by atoms with Gasteiger partial charge in [0.2, 0.25) is 5.91 Å². The molecule has 5 nitrogen and oxygen atoms in total. The first-order chi connectivity index (χ1) is 9.22. The summed E-state index contributed by atoms with van der Waals surface area (Å²) in [6.07, 6.45) is 0. The van der Waals surface area contributed by atoms with E-state index in [1.54, 1.807) is 29.2 Å². The summed E-state index contributed by atoms with van der Waals surface area (Å²) in [5, 5.41) is 0.529. The van der Waals surface area contributed by atoms with Gasteiger partial charge in [0.1, 0.15) is 11.7 Å². The number of ether oxygens (including phenoxy) is 1. The highest BCUT2D eigenvalue weighted by Crippen LogP contribution is 2.34. The number of aliphatic imine (C=N–C) groups is 1. The zero-order chi connectivity index (χ0) is 13.4. The lowest BCUT2D eigenvalue weighted by Crippen LogP contribution is -2.42. The van der Waals surface area contributed by atoms with Crippen LogP contribution in [0.3, 0.4) is 0 Å². The SMILES string of the molecule is COc1ccccc1C1C(=O)N=C2SCCN2C1=O. The van der Waals surface area contributed by atoms with Crippen molar-refractivity contribution in [2.75, 3.05) is 19.4 Å². The second kappa shape index (κ2) is 4.70. The summed E-state index contributed by atoms with van der Waals surface area (Å²) in [7, 11) is 1.52. The van der Waals surface area contributed by atoms with Crippen LogP contribution < -0.4 is 4.74 Å². The van der Waals surface area contributed by atoms with Gasteiger partial charge in [0.05, 0.1) is 7.11 Å². The van der Waals surface area contributed by atoms with E-state index < -0.39 is 11.8 Å². The lowest BCUT2D eigenvalue weighted by atomic mass is 9.95. The molecule has 2 heterocycles. The van der Waals surface area contributed by atoms with E-state index >= 15 is 0 Å². The maximum atomic E-state index is 12.4. The number of amidine groups is 1. The van der Waals surface area contributed by atoms with Gasteiger partial charge in [0, 0.05) is 17.9 Å². The molecule has 1 fully saturated rings. The van der Waals surface area contributed by atoms with Crippen molar-refractivity contribution >= 4 is 28.7 Å². The van der Waals surface area contributed by atoms with Gasteiger partial charge in [0.25, 0.3) is 5.91 Å². The van der Waals surface area contributed by atoms with E-state index in [-0.39, 0.29) is 5.91 Å². The highest BCUT2D eigenvalue weighted by atomic mass is 32.2. The molecule has 1 unspecified atom stereocenters. The standard InChI is InChI=1S/C13H12N2O3S/c1-18-9-5-3-2-4-8(9)10-11(16)14-13-15(12(10)17)6-7-19-13/h2-5,10H,6-7H2,1H3.